The first-order chi connectivity index (χ1) is 13.0. The molecule has 3 heterocycles. The Hall–Kier alpha value is -2.49. The topological polar surface area (TPSA) is 112 Å². The summed E-state index contributed by atoms with van der Waals surface area (Å²) in [6.07, 6.45) is 5.26. The number of aromatic nitrogens is 1. The van der Waals surface area contributed by atoms with Crippen LogP contribution in [0.25, 0.3) is 0 Å². The minimum atomic E-state index is -0.869. The van der Waals surface area contributed by atoms with Crippen LogP contribution in [0.1, 0.15) is 50.6 Å². The van der Waals surface area contributed by atoms with Crippen molar-refractivity contribution in [1.29, 1.82) is 0 Å². The Morgan fingerprint density at radius 2 is 2.00 bits per heavy atom. The van der Waals surface area contributed by atoms with E-state index in [9.17, 15) is 19.2 Å². The van der Waals surface area contributed by atoms with Gasteiger partial charge in [0.1, 0.15) is 5.54 Å². The van der Waals surface area contributed by atoms with E-state index in [1.54, 1.807) is 10.3 Å². The van der Waals surface area contributed by atoms with E-state index in [2.05, 4.69) is 15.7 Å². The number of amides is 5. The van der Waals surface area contributed by atoms with Crippen molar-refractivity contribution in [3.05, 3.63) is 11.1 Å². The third-order valence-corrected chi connectivity index (χ3v) is 6.20. The van der Waals surface area contributed by atoms with Crippen LogP contribution in [-0.4, -0.2) is 45.8 Å². The lowest BCUT2D eigenvalue weighted by Gasteiger charge is -2.30. The first-order valence-corrected chi connectivity index (χ1v) is 10.1. The summed E-state index contributed by atoms with van der Waals surface area (Å²) < 4.78 is 0. The summed E-state index contributed by atoms with van der Waals surface area (Å²) in [6.45, 7) is 0.641. The fourth-order valence-electron chi connectivity index (χ4n) is 3.90. The highest BCUT2D eigenvalue weighted by atomic mass is 32.1. The van der Waals surface area contributed by atoms with Crippen LogP contribution in [0.5, 0.6) is 0 Å². The molecule has 3 aliphatic rings. The SMILES string of the molecule is O=C(Cc1csc(N2CCCC2=O)n1)NN1C(=O)NC2(CCCCC2)C1=O. The molecule has 2 aliphatic heterocycles. The molecule has 1 aromatic rings. The average molecular weight is 391 g/mol. The molecule has 1 aliphatic carbocycles. The van der Waals surface area contributed by atoms with Gasteiger partial charge in [-0.15, -0.1) is 11.3 Å². The summed E-state index contributed by atoms with van der Waals surface area (Å²) in [5.74, 6) is -0.837. The lowest BCUT2D eigenvalue weighted by atomic mass is 9.82. The van der Waals surface area contributed by atoms with E-state index in [1.807, 2.05) is 0 Å². The van der Waals surface area contributed by atoms with Gasteiger partial charge in [0.05, 0.1) is 12.1 Å². The van der Waals surface area contributed by atoms with Gasteiger partial charge in [0, 0.05) is 18.3 Å². The van der Waals surface area contributed by atoms with Gasteiger partial charge in [-0.05, 0) is 19.3 Å². The van der Waals surface area contributed by atoms with Crippen molar-refractivity contribution < 1.29 is 19.2 Å². The minimum absolute atomic E-state index is 0.0393. The Morgan fingerprint density at radius 1 is 1.22 bits per heavy atom. The summed E-state index contributed by atoms with van der Waals surface area (Å²) in [5.41, 5.74) is 2.04. The maximum absolute atomic E-state index is 12.7. The van der Waals surface area contributed by atoms with Crippen molar-refractivity contribution in [2.75, 3.05) is 11.4 Å². The molecule has 2 saturated heterocycles. The molecule has 1 aromatic heterocycles. The van der Waals surface area contributed by atoms with Crippen LogP contribution < -0.4 is 15.6 Å². The third-order valence-electron chi connectivity index (χ3n) is 5.29. The third kappa shape index (κ3) is 3.29. The van der Waals surface area contributed by atoms with Crippen LogP contribution in [0.2, 0.25) is 0 Å². The van der Waals surface area contributed by atoms with Crippen LogP contribution >= 0.6 is 11.3 Å². The quantitative estimate of drug-likeness (QED) is 0.747. The minimum Gasteiger partial charge on any atom is -0.322 e. The van der Waals surface area contributed by atoms with E-state index in [4.69, 9.17) is 0 Å². The zero-order valence-electron chi connectivity index (χ0n) is 14.8. The van der Waals surface area contributed by atoms with Crippen LogP contribution in [0.4, 0.5) is 9.93 Å². The number of nitrogens with zero attached hydrogens (tertiary/aromatic N) is 3. The number of imide groups is 1. The summed E-state index contributed by atoms with van der Waals surface area (Å²) >= 11 is 1.31. The molecule has 0 atom stereocenters. The Balaban J connectivity index is 1.38. The molecule has 10 heteroatoms. The Kier molecular flexibility index (Phi) is 4.58. The molecule has 0 radical (unpaired) electrons. The van der Waals surface area contributed by atoms with Crippen molar-refractivity contribution in [2.24, 2.45) is 0 Å². The van der Waals surface area contributed by atoms with Crippen LogP contribution in [-0.2, 0) is 20.8 Å². The van der Waals surface area contributed by atoms with Gasteiger partial charge in [0.2, 0.25) is 11.8 Å². The number of carbonyl (C=O) groups excluding carboxylic acids is 4. The lowest BCUT2D eigenvalue weighted by Crippen LogP contribution is -2.51. The largest absolute Gasteiger partial charge is 0.344 e. The number of nitrogens with one attached hydrogen (secondary N) is 2. The number of rotatable bonds is 4. The monoisotopic (exact) mass is 391 g/mol. The zero-order chi connectivity index (χ0) is 19.0. The normalized spacial score (nSPS) is 21.9. The smallest absolute Gasteiger partial charge is 0.322 e. The van der Waals surface area contributed by atoms with Crippen molar-refractivity contribution in [3.63, 3.8) is 0 Å². The number of anilines is 1. The zero-order valence-corrected chi connectivity index (χ0v) is 15.6. The van der Waals surface area contributed by atoms with Crippen molar-refractivity contribution in [3.8, 4) is 0 Å². The molecule has 9 nitrogen and oxygen atoms in total. The van der Waals surface area contributed by atoms with E-state index < -0.39 is 17.5 Å². The first-order valence-electron chi connectivity index (χ1n) is 9.19. The summed E-state index contributed by atoms with van der Waals surface area (Å²) in [4.78, 5) is 54.9. The second kappa shape index (κ2) is 6.91. The van der Waals surface area contributed by atoms with Gasteiger partial charge in [0.25, 0.3) is 5.91 Å². The number of thiazole rings is 1. The van der Waals surface area contributed by atoms with Crippen molar-refractivity contribution in [2.45, 2.75) is 56.9 Å². The van der Waals surface area contributed by atoms with Gasteiger partial charge in [-0.1, -0.05) is 19.3 Å². The maximum atomic E-state index is 12.7. The molecular formula is C17H21N5O4S. The van der Waals surface area contributed by atoms with E-state index in [0.717, 1.165) is 30.7 Å². The highest BCUT2D eigenvalue weighted by Gasteiger charge is 2.52. The molecule has 144 valence electrons. The molecule has 2 N–H and O–H groups in total. The number of hydrazine groups is 1. The maximum Gasteiger partial charge on any atom is 0.344 e. The van der Waals surface area contributed by atoms with Gasteiger partial charge >= 0.3 is 6.03 Å². The highest BCUT2D eigenvalue weighted by Crippen LogP contribution is 2.33. The molecule has 1 saturated carbocycles. The fourth-order valence-corrected chi connectivity index (χ4v) is 4.76. The summed E-state index contributed by atoms with van der Waals surface area (Å²) in [6, 6.07) is -0.586. The highest BCUT2D eigenvalue weighted by molar-refractivity contribution is 7.14. The van der Waals surface area contributed by atoms with E-state index >= 15 is 0 Å². The second-order valence-corrected chi connectivity index (χ2v) is 8.03. The predicted octanol–water partition coefficient (Wildman–Crippen LogP) is 1.10. The van der Waals surface area contributed by atoms with Gasteiger partial charge < -0.3 is 5.32 Å². The molecule has 0 unspecified atom stereocenters. The van der Waals surface area contributed by atoms with Crippen molar-refractivity contribution >= 4 is 40.2 Å². The Labute approximate surface area is 160 Å². The summed E-state index contributed by atoms with van der Waals surface area (Å²) in [7, 11) is 0. The molecule has 27 heavy (non-hydrogen) atoms. The number of hydrogen-bond acceptors (Lipinski definition) is 6. The molecule has 1 spiro atoms. The molecule has 0 bridgehead atoms. The number of urea groups is 1. The molecule has 5 amide bonds. The van der Waals surface area contributed by atoms with E-state index in [0.29, 0.717) is 36.6 Å². The standard InChI is InChI=1S/C17H21N5O4S/c23-12(9-11-10-27-16(18-11)21-8-4-5-13(21)24)20-22-14(25)17(19-15(22)26)6-2-1-3-7-17/h10H,1-9H2,(H,19,26)(H,20,23). The van der Waals surface area contributed by atoms with Crippen molar-refractivity contribution in [1.82, 2.24) is 20.7 Å². The fraction of sp³-hybridized carbons (Fsp3) is 0.588. The molecule has 0 aromatic carbocycles. The Bertz CT molecular complexity index is 801. The number of hydrogen-bond donors (Lipinski definition) is 2. The first kappa shape index (κ1) is 17.9. The van der Waals surface area contributed by atoms with Gasteiger partial charge in [-0.2, -0.15) is 5.01 Å². The predicted molar refractivity (Wildman–Crippen MR) is 96.7 cm³/mol. The van der Waals surface area contributed by atoms with E-state index in [1.165, 1.54) is 11.3 Å². The average Bonchev–Trinajstić information content (AvgIpc) is 3.32. The van der Waals surface area contributed by atoms with Gasteiger partial charge in [-0.25, -0.2) is 9.78 Å². The molecule has 3 fully saturated rings. The van der Waals surface area contributed by atoms with Gasteiger partial charge in [-0.3, -0.25) is 24.7 Å². The summed E-state index contributed by atoms with van der Waals surface area (Å²) in [5, 5.41) is 5.84. The van der Waals surface area contributed by atoms with Gasteiger partial charge in [0.15, 0.2) is 5.13 Å². The molecular weight excluding hydrogens is 370 g/mol. The van der Waals surface area contributed by atoms with E-state index in [-0.39, 0.29) is 18.2 Å². The number of carbonyl (C=O) groups is 4. The lowest BCUT2D eigenvalue weighted by molar-refractivity contribution is -0.139. The van der Waals surface area contributed by atoms with Crippen LogP contribution in [0.3, 0.4) is 0 Å². The van der Waals surface area contributed by atoms with Crippen LogP contribution in [0.15, 0.2) is 5.38 Å². The molecule has 4 rings (SSSR count). The second-order valence-electron chi connectivity index (χ2n) is 7.20. The van der Waals surface area contributed by atoms with Crippen LogP contribution in [0, 0.1) is 0 Å². The Morgan fingerprint density at radius 3 is 2.70 bits per heavy atom.